The molecule has 1 rings (SSSR count). The van der Waals surface area contributed by atoms with E-state index in [1.54, 1.807) is 6.92 Å². The molecule has 1 amide bonds. The number of carbonyl (C=O) groups excluding carboxylic acids is 1. The quantitative estimate of drug-likeness (QED) is 0.878. The molecule has 0 aliphatic carbocycles. The molecule has 5 heteroatoms. The first-order valence-electron chi connectivity index (χ1n) is 7.14. The van der Waals surface area contributed by atoms with Crippen LogP contribution in [0.2, 0.25) is 0 Å². The number of rotatable bonds is 6. The van der Waals surface area contributed by atoms with E-state index in [4.69, 9.17) is 4.74 Å². The molecule has 0 heterocycles. The number of ether oxygens (including phenoxy) is 1. The summed E-state index contributed by atoms with van der Waals surface area (Å²) in [6.07, 6.45) is 0. The van der Waals surface area contributed by atoms with Crippen LogP contribution in [-0.4, -0.2) is 27.5 Å². The summed E-state index contributed by atoms with van der Waals surface area (Å²) >= 11 is 0. The third kappa shape index (κ3) is 5.87. The molecule has 118 valence electrons. The van der Waals surface area contributed by atoms with Crippen LogP contribution in [-0.2, 0) is 21.3 Å². The topological polar surface area (TPSA) is 55.4 Å². The molecule has 0 aliphatic heterocycles. The first-order valence-corrected chi connectivity index (χ1v) is 8.52. The molecule has 0 unspecified atom stereocenters. The molecular formula is C16H25NO3S. The van der Waals surface area contributed by atoms with Gasteiger partial charge in [0.15, 0.2) is 0 Å². The van der Waals surface area contributed by atoms with Gasteiger partial charge in [-0.05, 0) is 40.7 Å². The lowest BCUT2D eigenvalue weighted by molar-refractivity contribution is -0.121. The molecule has 1 N–H and O–H groups in total. The van der Waals surface area contributed by atoms with E-state index in [1.165, 1.54) is 0 Å². The van der Waals surface area contributed by atoms with Gasteiger partial charge in [-0.25, -0.2) is 0 Å². The molecule has 2 atom stereocenters. The van der Waals surface area contributed by atoms with Gasteiger partial charge in [-0.1, -0.05) is 18.2 Å². The molecule has 0 spiro atoms. The average molecular weight is 311 g/mol. The summed E-state index contributed by atoms with van der Waals surface area (Å²) in [5.41, 5.74) is 0.548. The molecule has 0 radical (unpaired) electrons. The molecule has 0 saturated carbocycles. The summed E-state index contributed by atoms with van der Waals surface area (Å²) in [6, 6.07) is 7.51. The fraction of sp³-hybridized carbons (Fsp3) is 0.562. The molecule has 0 bridgehead atoms. The molecule has 0 aliphatic rings. The number of amides is 1. The Kier molecular flexibility index (Phi) is 6.40. The maximum absolute atomic E-state index is 12.4. The Labute approximate surface area is 129 Å². The van der Waals surface area contributed by atoms with Crippen molar-refractivity contribution in [2.24, 2.45) is 0 Å². The first-order chi connectivity index (χ1) is 9.74. The maximum atomic E-state index is 12.4. The average Bonchev–Trinajstić information content (AvgIpc) is 2.38. The van der Waals surface area contributed by atoms with E-state index in [1.807, 2.05) is 52.0 Å². The SMILES string of the molecule is CCOc1ccccc1C[S@](=O)[C@H](C)C(=O)NC(C)(C)C. The van der Waals surface area contributed by atoms with Crippen molar-refractivity contribution in [3.63, 3.8) is 0 Å². The highest BCUT2D eigenvalue weighted by atomic mass is 32.2. The Morgan fingerprint density at radius 2 is 1.95 bits per heavy atom. The summed E-state index contributed by atoms with van der Waals surface area (Å²) < 4.78 is 17.9. The Balaban J connectivity index is 2.75. The van der Waals surface area contributed by atoms with E-state index in [9.17, 15) is 9.00 Å². The van der Waals surface area contributed by atoms with Gasteiger partial charge in [0.2, 0.25) is 5.91 Å². The Morgan fingerprint density at radius 3 is 2.52 bits per heavy atom. The summed E-state index contributed by atoms with van der Waals surface area (Å²) in [5, 5.41) is 2.31. The van der Waals surface area contributed by atoms with Gasteiger partial charge in [0.1, 0.15) is 11.0 Å². The lowest BCUT2D eigenvalue weighted by Crippen LogP contribution is -2.46. The van der Waals surface area contributed by atoms with Gasteiger partial charge < -0.3 is 10.1 Å². The fourth-order valence-corrected chi connectivity index (χ4v) is 2.88. The van der Waals surface area contributed by atoms with Gasteiger partial charge in [-0.2, -0.15) is 0 Å². The van der Waals surface area contributed by atoms with E-state index in [0.29, 0.717) is 12.4 Å². The van der Waals surface area contributed by atoms with Crippen LogP contribution < -0.4 is 10.1 Å². The van der Waals surface area contributed by atoms with E-state index in [2.05, 4.69) is 5.32 Å². The molecular weight excluding hydrogens is 286 g/mol. The zero-order chi connectivity index (χ0) is 16.0. The monoisotopic (exact) mass is 311 g/mol. The smallest absolute Gasteiger partial charge is 0.235 e. The third-order valence-corrected chi connectivity index (χ3v) is 4.43. The lowest BCUT2D eigenvalue weighted by Gasteiger charge is -2.23. The first kappa shape index (κ1) is 17.7. The van der Waals surface area contributed by atoms with Crippen LogP contribution >= 0.6 is 0 Å². The number of benzene rings is 1. The molecule has 0 fully saturated rings. The highest BCUT2D eigenvalue weighted by Gasteiger charge is 2.24. The molecule has 0 aromatic heterocycles. The molecule has 1 aromatic carbocycles. The van der Waals surface area contributed by atoms with Crippen molar-refractivity contribution in [3.05, 3.63) is 29.8 Å². The maximum Gasteiger partial charge on any atom is 0.235 e. The zero-order valence-corrected chi connectivity index (χ0v) is 14.3. The standard InChI is InChI=1S/C16H25NO3S/c1-6-20-14-10-8-7-9-13(14)11-21(19)12(2)15(18)17-16(3,4)5/h7-10,12H,6,11H2,1-5H3,(H,17,18)/t12-,21+/m1/s1. The Morgan fingerprint density at radius 1 is 1.33 bits per heavy atom. The van der Waals surface area contributed by atoms with Gasteiger partial charge in [0.25, 0.3) is 0 Å². The van der Waals surface area contributed by atoms with Crippen LogP contribution in [0.1, 0.15) is 40.2 Å². The third-order valence-electron chi connectivity index (χ3n) is 2.83. The lowest BCUT2D eigenvalue weighted by atomic mass is 10.1. The van der Waals surface area contributed by atoms with Gasteiger partial charge in [-0.15, -0.1) is 0 Å². The highest BCUT2D eigenvalue weighted by molar-refractivity contribution is 7.85. The van der Waals surface area contributed by atoms with Gasteiger partial charge in [0, 0.05) is 21.9 Å². The zero-order valence-electron chi connectivity index (χ0n) is 13.4. The van der Waals surface area contributed by atoms with E-state index >= 15 is 0 Å². The van der Waals surface area contributed by atoms with Crippen LogP contribution in [0.3, 0.4) is 0 Å². The summed E-state index contributed by atoms with van der Waals surface area (Å²) in [4.78, 5) is 12.1. The van der Waals surface area contributed by atoms with Gasteiger partial charge in [-0.3, -0.25) is 9.00 Å². The van der Waals surface area contributed by atoms with Crippen molar-refractivity contribution >= 4 is 16.7 Å². The second-order valence-corrected chi connectivity index (χ2v) is 7.70. The molecule has 1 aromatic rings. The second-order valence-electron chi connectivity index (χ2n) is 5.95. The molecule has 21 heavy (non-hydrogen) atoms. The predicted molar refractivity (Wildman–Crippen MR) is 86.8 cm³/mol. The van der Waals surface area contributed by atoms with Gasteiger partial charge >= 0.3 is 0 Å². The number of hydrogen-bond donors (Lipinski definition) is 1. The summed E-state index contributed by atoms with van der Waals surface area (Å²) in [6.45, 7) is 9.89. The van der Waals surface area contributed by atoms with Crippen LogP contribution in [0, 0.1) is 0 Å². The van der Waals surface area contributed by atoms with E-state index in [0.717, 1.165) is 11.3 Å². The Bertz CT molecular complexity index is 508. The number of nitrogens with one attached hydrogen (secondary N) is 1. The predicted octanol–water partition coefficient (Wildman–Crippen LogP) is 2.64. The summed E-state index contributed by atoms with van der Waals surface area (Å²) in [5.74, 6) is 0.862. The number of para-hydroxylation sites is 1. The van der Waals surface area contributed by atoms with Crippen LogP contribution in [0.15, 0.2) is 24.3 Å². The largest absolute Gasteiger partial charge is 0.494 e. The minimum absolute atomic E-state index is 0.185. The van der Waals surface area contributed by atoms with Crippen molar-refractivity contribution in [1.29, 1.82) is 0 Å². The fourth-order valence-electron chi connectivity index (χ4n) is 1.79. The minimum Gasteiger partial charge on any atom is -0.494 e. The van der Waals surface area contributed by atoms with Crippen molar-refractivity contribution in [2.75, 3.05) is 6.61 Å². The summed E-state index contributed by atoms with van der Waals surface area (Å²) in [7, 11) is -1.29. The van der Waals surface area contributed by atoms with Crippen molar-refractivity contribution in [1.82, 2.24) is 5.32 Å². The van der Waals surface area contributed by atoms with Crippen LogP contribution in [0.5, 0.6) is 5.75 Å². The minimum atomic E-state index is -1.29. The van der Waals surface area contributed by atoms with Crippen molar-refractivity contribution in [2.45, 2.75) is 51.2 Å². The second kappa shape index (κ2) is 7.59. The molecule has 4 nitrogen and oxygen atoms in total. The van der Waals surface area contributed by atoms with Crippen molar-refractivity contribution in [3.8, 4) is 5.75 Å². The highest BCUT2D eigenvalue weighted by Crippen LogP contribution is 2.20. The number of hydrogen-bond acceptors (Lipinski definition) is 3. The van der Waals surface area contributed by atoms with Crippen LogP contribution in [0.25, 0.3) is 0 Å². The van der Waals surface area contributed by atoms with E-state index < -0.39 is 16.0 Å². The van der Waals surface area contributed by atoms with Crippen LogP contribution in [0.4, 0.5) is 0 Å². The van der Waals surface area contributed by atoms with E-state index in [-0.39, 0.29) is 11.4 Å². The van der Waals surface area contributed by atoms with Gasteiger partial charge in [0.05, 0.1) is 12.4 Å². The number of carbonyl (C=O) groups is 1. The normalized spacial score (nSPS) is 14.3. The molecule has 0 saturated heterocycles. The van der Waals surface area contributed by atoms with Crippen molar-refractivity contribution < 1.29 is 13.7 Å². The Hall–Kier alpha value is -1.36.